The molecule has 1 atom stereocenters. The van der Waals surface area contributed by atoms with E-state index in [1.807, 2.05) is 24.3 Å². The summed E-state index contributed by atoms with van der Waals surface area (Å²) in [5, 5.41) is 0. The third-order valence-corrected chi connectivity index (χ3v) is 9.05. The predicted octanol–water partition coefficient (Wildman–Crippen LogP) is 3.42. The van der Waals surface area contributed by atoms with E-state index in [9.17, 15) is 13.2 Å². The second-order valence-corrected chi connectivity index (χ2v) is 16.1. The molecule has 0 radical (unpaired) electrons. The molecule has 0 saturated carbocycles. The highest BCUT2D eigenvalue weighted by atomic mass is 127. The first-order valence-corrected chi connectivity index (χ1v) is 14.5. The number of benzene rings is 1. The van der Waals surface area contributed by atoms with Crippen LogP contribution in [0, 0.1) is 3.57 Å². The minimum atomic E-state index is -3.48. The molecule has 0 aliphatic carbocycles. The first-order chi connectivity index (χ1) is 11.6. The second-order valence-electron chi connectivity index (χ2n) is 7.27. The molecule has 1 aliphatic heterocycles. The molecule has 0 amide bonds. The first kappa shape index (κ1) is 20.6. The van der Waals surface area contributed by atoms with Crippen molar-refractivity contribution in [2.45, 2.75) is 31.7 Å². The zero-order valence-corrected chi connectivity index (χ0v) is 18.9. The van der Waals surface area contributed by atoms with Gasteiger partial charge < -0.3 is 4.74 Å². The van der Waals surface area contributed by atoms with E-state index in [-0.39, 0.29) is 12.3 Å². The molecule has 0 N–H and O–H groups in total. The number of methoxy groups -OCH3 is 1. The van der Waals surface area contributed by atoms with Gasteiger partial charge in [0.25, 0.3) is 0 Å². The number of sulfonamides is 1. The molecule has 0 aromatic heterocycles. The molecule has 0 spiro atoms. The summed E-state index contributed by atoms with van der Waals surface area (Å²) in [6, 6.07) is 7.61. The Morgan fingerprint density at radius 3 is 2.52 bits per heavy atom. The highest BCUT2D eigenvalue weighted by Gasteiger charge is 2.41. The van der Waals surface area contributed by atoms with Gasteiger partial charge >= 0.3 is 5.97 Å². The Balaban J connectivity index is 2.41. The Bertz CT molecular complexity index is 786. The lowest BCUT2D eigenvalue weighted by molar-refractivity contribution is -0.136. The Morgan fingerprint density at radius 2 is 1.96 bits per heavy atom. The number of hydrogen-bond donors (Lipinski definition) is 0. The van der Waals surface area contributed by atoms with Gasteiger partial charge in [-0.1, -0.05) is 43.9 Å². The number of nitrogens with zero attached hydrogens (tertiary/aromatic N) is 1. The van der Waals surface area contributed by atoms with Crippen LogP contribution in [0.1, 0.15) is 11.6 Å². The fourth-order valence-electron chi connectivity index (χ4n) is 2.72. The van der Waals surface area contributed by atoms with Crippen LogP contribution in [0.25, 0.3) is 0 Å². The summed E-state index contributed by atoms with van der Waals surface area (Å²) in [6.45, 7) is 6.67. The monoisotopic (exact) mass is 493 g/mol. The van der Waals surface area contributed by atoms with Gasteiger partial charge in [-0.3, -0.25) is 0 Å². The molecule has 1 aromatic carbocycles. The molecule has 0 fully saturated rings. The molecule has 0 saturated heterocycles. The topological polar surface area (TPSA) is 63.7 Å². The van der Waals surface area contributed by atoms with E-state index in [4.69, 9.17) is 4.74 Å². The largest absolute Gasteiger partial charge is 0.466 e. The molecule has 25 heavy (non-hydrogen) atoms. The van der Waals surface area contributed by atoms with Gasteiger partial charge in [0, 0.05) is 18.2 Å². The summed E-state index contributed by atoms with van der Waals surface area (Å²) in [6.07, 6.45) is 1.67. The van der Waals surface area contributed by atoms with Crippen molar-refractivity contribution < 1.29 is 17.9 Å². The van der Waals surface area contributed by atoms with E-state index in [2.05, 4.69) is 42.2 Å². The summed E-state index contributed by atoms with van der Waals surface area (Å²) < 4.78 is 33.2. The Kier molecular flexibility index (Phi) is 6.50. The molecular weight excluding hydrogens is 469 g/mol. The number of carbonyl (C=O) groups is 1. The van der Waals surface area contributed by atoms with Crippen molar-refractivity contribution >= 4 is 46.7 Å². The van der Waals surface area contributed by atoms with Gasteiger partial charge in [0.2, 0.25) is 10.0 Å². The van der Waals surface area contributed by atoms with Crippen molar-refractivity contribution in [2.75, 3.05) is 19.4 Å². The summed E-state index contributed by atoms with van der Waals surface area (Å²) in [5.74, 6) is -0.363. The van der Waals surface area contributed by atoms with Crippen LogP contribution in [0.5, 0.6) is 0 Å². The fraction of sp³-hybridized carbons (Fsp3) is 0.471. The zero-order chi connectivity index (χ0) is 18.8. The van der Waals surface area contributed by atoms with Crippen molar-refractivity contribution in [3.63, 3.8) is 0 Å². The number of rotatable bonds is 6. The van der Waals surface area contributed by atoms with E-state index < -0.39 is 30.1 Å². The maximum absolute atomic E-state index is 13.0. The molecule has 1 heterocycles. The first-order valence-electron chi connectivity index (χ1n) is 8.09. The van der Waals surface area contributed by atoms with Crippen LogP contribution < -0.4 is 0 Å². The van der Waals surface area contributed by atoms with Gasteiger partial charge in [0.05, 0.1) is 24.5 Å². The van der Waals surface area contributed by atoms with E-state index >= 15 is 0 Å². The van der Waals surface area contributed by atoms with Gasteiger partial charge in [-0.15, -0.1) is 0 Å². The highest BCUT2D eigenvalue weighted by molar-refractivity contribution is 14.1. The summed E-state index contributed by atoms with van der Waals surface area (Å²) in [5.41, 5.74) is 1.21. The van der Waals surface area contributed by atoms with Crippen molar-refractivity contribution in [2.24, 2.45) is 0 Å². The summed E-state index contributed by atoms with van der Waals surface area (Å²) in [4.78, 5) is 12.2. The molecule has 8 heteroatoms. The van der Waals surface area contributed by atoms with Crippen LogP contribution in [-0.2, 0) is 19.6 Å². The standard InChI is InChI=1S/C17H24INO4SSi/c1-23-17(20)14-9-10-19(24(21,22)11-12-25(2,3)4)16(14)13-7-5-6-8-15(13)18/h5-9,16H,10-12H2,1-4H3. The second kappa shape index (κ2) is 7.89. The molecule has 5 nitrogen and oxygen atoms in total. The number of esters is 1. The Labute approximate surface area is 164 Å². The Morgan fingerprint density at radius 1 is 1.32 bits per heavy atom. The Hall–Kier alpha value is -0.713. The zero-order valence-electron chi connectivity index (χ0n) is 15.0. The summed E-state index contributed by atoms with van der Waals surface area (Å²) in [7, 11) is -3.65. The van der Waals surface area contributed by atoms with Gasteiger partial charge in [-0.05, 0) is 40.3 Å². The maximum atomic E-state index is 13.0. The normalized spacial score (nSPS) is 18.9. The van der Waals surface area contributed by atoms with Crippen LogP contribution in [-0.4, -0.2) is 46.2 Å². The average molecular weight is 493 g/mol. The van der Waals surface area contributed by atoms with Crippen LogP contribution in [0.3, 0.4) is 0 Å². The van der Waals surface area contributed by atoms with Gasteiger partial charge in [0.15, 0.2) is 0 Å². The molecule has 138 valence electrons. The molecule has 1 unspecified atom stereocenters. The number of carbonyl (C=O) groups excluding carboxylic acids is 1. The number of hydrogen-bond acceptors (Lipinski definition) is 4. The number of ether oxygens (including phenoxy) is 1. The smallest absolute Gasteiger partial charge is 0.335 e. The third kappa shape index (κ3) is 4.93. The van der Waals surface area contributed by atoms with Crippen molar-refractivity contribution in [1.29, 1.82) is 0 Å². The molecule has 1 aromatic rings. The quantitative estimate of drug-likeness (QED) is 0.346. The lowest BCUT2D eigenvalue weighted by atomic mass is 10.0. The SMILES string of the molecule is COC(=O)C1=CCN(S(=O)(=O)CC[Si](C)(C)C)C1c1ccccc1I. The fourth-order valence-corrected chi connectivity index (χ4v) is 7.97. The minimum Gasteiger partial charge on any atom is -0.466 e. The number of halogens is 1. The van der Waals surface area contributed by atoms with E-state index in [1.54, 1.807) is 6.08 Å². The lowest BCUT2D eigenvalue weighted by Gasteiger charge is -2.28. The lowest BCUT2D eigenvalue weighted by Crippen LogP contribution is -2.37. The minimum absolute atomic E-state index is 0.116. The third-order valence-electron chi connectivity index (χ3n) is 4.16. The van der Waals surface area contributed by atoms with Crippen LogP contribution in [0.4, 0.5) is 0 Å². The average Bonchev–Trinajstić information content (AvgIpc) is 2.98. The van der Waals surface area contributed by atoms with E-state index in [0.717, 1.165) is 9.13 Å². The van der Waals surface area contributed by atoms with Gasteiger partial charge in [0.1, 0.15) is 0 Å². The highest BCUT2D eigenvalue weighted by Crippen LogP contribution is 2.38. The van der Waals surface area contributed by atoms with Crippen molar-refractivity contribution in [1.82, 2.24) is 4.31 Å². The van der Waals surface area contributed by atoms with E-state index in [1.165, 1.54) is 11.4 Å². The van der Waals surface area contributed by atoms with Crippen molar-refractivity contribution in [3.05, 3.63) is 45.0 Å². The molecule has 2 rings (SSSR count). The van der Waals surface area contributed by atoms with Gasteiger partial charge in [-0.25, -0.2) is 13.2 Å². The van der Waals surface area contributed by atoms with Crippen LogP contribution in [0.2, 0.25) is 25.7 Å². The van der Waals surface area contributed by atoms with Crippen LogP contribution >= 0.6 is 22.6 Å². The van der Waals surface area contributed by atoms with Crippen molar-refractivity contribution in [3.8, 4) is 0 Å². The maximum Gasteiger partial charge on any atom is 0.335 e. The molecule has 0 bridgehead atoms. The molecule has 1 aliphatic rings. The predicted molar refractivity (Wildman–Crippen MR) is 111 cm³/mol. The molecular formula is C17H24INO4SSi. The van der Waals surface area contributed by atoms with Gasteiger partial charge in [-0.2, -0.15) is 4.31 Å². The summed E-state index contributed by atoms with van der Waals surface area (Å²) >= 11 is 2.17. The van der Waals surface area contributed by atoms with Crippen LogP contribution in [0.15, 0.2) is 35.9 Å². The van der Waals surface area contributed by atoms with E-state index in [0.29, 0.717) is 11.6 Å².